The largest absolute Gasteiger partial charge is 0.365 e. The van der Waals surface area contributed by atoms with E-state index in [4.69, 9.17) is 0 Å². The zero-order valence-electron chi connectivity index (χ0n) is 10.4. The maximum Gasteiger partial charge on any atom is 0.156 e. The standard InChI is InChI=1S/C12H23N3S/c1-10-6-13-12(16-9-10)14-7-11-4-3-5-15(2)8-11/h10-11H,3-9H2,1-2H3,(H,13,14). The molecule has 0 aliphatic carbocycles. The number of thioether (sulfide) groups is 1. The van der Waals surface area contributed by atoms with Crippen molar-refractivity contribution >= 4 is 16.9 Å². The van der Waals surface area contributed by atoms with Gasteiger partial charge in [-0.3, -0.25) is 4.99 Å². The number of hydrogen-bond acceptors (Lipinski definition) is 4. The molecule has 2 aliphatic rings. The van der Waals surface area contributed by atoms with Crippen LogP contribution >= 0.6 is 11.8 Å². The molecule has 1 N–H and O–H groups in total. The van der Waals surface area contributed by atoms with Gasteiger partial charge < -0.3 is 10.2 Å². The van der Waals surface area contributed by atoms with Crippen molar-refractivity contribution in [2.24, 2.45) is 16.8 Å². The van der Waals surface area contributed by atoms with Gasteiger partial charge in [0.2, 0.25) is 0 Å². The van der Waals surface area contributed by atoms with Crippen LogP contribution in [0.1, 0.15) is 19.8 Å². The molecule has 0 aromatic rings. The van der Waals surface area contributed by atoms with Crippen LogP contribution in [0.2, 0.25) is 0 Å². The fraction of sp³-hybridized carbons (Fsp3) is 0.917. The van der Waals surface area contributed by atoms with Gasteiger partial charge in [0.25, 0.3) is 0 Å². The molecule has 0 radical (unpaired) electrons. The molecule has 16 heavy (non-hydrogen) atoms. The molecule has 2 heterocycles. The number of nitrogens with zero attached hydrogens (tertiary/aromatic N) is 2. The minimum Gasteiger partial charge on any atom is -0.365 e. The molecule has 1 saturated heterocycles. The van der Waals surface area contributed by atoms with Crippen molar-refractivity contribution in [2.75, 3.05) is 39.0 Å². The van der Waals surface area contributed by atoms with Crippen LogP contribution in [0.3, 0.4) is 0 Å². The van der Waals surface area contributed by atoms with Crippen LogP contribution in [0, 0.1) is 11.8 Å². The molecular weight excluding hydrogens is 218 g/mol. The lowest BCUT2D eigenvalue weighted by Crippen LogP contribution is -2.39. The van der Waals surface area contributed by atoms with Crippen molar-refractivity contribution in [3.05, 3.63) is 0 Å². The Morgan fingerprint density at radius 3 is 3.12 bits per heavy atom. The number of aliphatic imine (C=N–C) groups is 1. The molecule has 2 rings (SSSR count). The lowest BCUT2D eigenvalue weighted by molar-refractivity contribution is 0.211. The Balaban J connectivity index is 1.70. The van der Waals surface area contributed by atoms with Crippen LogP contribution in [0.4, 0.5) is 0 Å². The van der Waals surface area contributed by atoms with Gasteiger partial charge in [0.05, 0.1) is 0 Å². The van der Waals surface area contributed by atoms with Crippen molar-refractivity contribution in [3.8, 4) is 0 Å². The molecule has 0 aromatic carbocycles. The molecule has 2 unspecified atom stereocenters. The first kappa shape index (κ1) is 12.2. The van der Waals surface area contributed by atoms with Gasteiger partial charge in [-0.15, -0.1) is 0 Å². The third-order valence-electron chi connectivity index (χ3n) is 3.32. The van der Waals surface area contributed by atoms with Crippen LogP contribution in [0.15, 0.2) is 4.99 Å². The zero-order chi connectivity index (χ0) is 11.4. The summed E-state index contributed by atoms with van der Waals surface area (Å²) < 4.78 is 0. The summed E-state index contributed by atoms with van der Waals surface area (Å²) in [6.07, 6.45) is 2.71. The fourth-order valence-corrected chi connectivity index (χ4v) is 3.24. The van der Waals surface area contributed by atoms with Crippen LogP contribution < -0.4 is 5.32 Å². The van der Waals surface area contributed by atoms with Gasteiger partial charge in [-0.1, -0.05) is 18.7 Å². The Morgan fingerprint density at radius 2 is 2.44 bits per heavy atom. The van der Waals surface area contributed by atoms with Crippen molar-refractivity contribution < 1.29 is 0 Å². The van der Waals surface area contributed by atoms with Gasteiger partial charge >= 0.3 is 0 Å². The van der Waals surface area contributed by atoms with E-state index in [1.165, 1.54) is 36.9 Å². The third kappa shape index (κ3) is 3.67. The number of rotatable bonds is 2. The Kier molecular flexibility index (Phi) is 4.53. The van der Waals surface area contributed by atoms with Gasteiger partial charge in [0, 0.05) is 25.4 Å². The van der Waals surface area contributed by atoms with Crippen LogP contribution in [-0.2, 0) is 0 Å². The minimum absolute atomic E-state index is 0.747. The summed E-state index contributed by atoms with van der Waals surface area (Å²) in [5, 5.41) is 4.69. The molecule has 2 aliphatic heterocycles. The second kappa shape index (κ2) is 5.92. The van der Waals surface area contributed by atoms with E-state index in [2.05, 4.69) is 29.2 Å². The number of piperidine rings is 1. The number of likely N-dealkylation sites (tertiary alicyclic amines) is 1. The maximum atomic E-state index is 4.57. The predicted molar refractivity (Wildman–Crippen MR) is 72.1 cm³/mol. The molecule has 1 fully saturated rings. The highest BCUT2D eigenvalue weighted by molar-refractivity contribution is 8.13. The van der Waals surface area contributed by atoms with Crippen molar-refractivity contribution in [2.45, 2.75) is 19.8 Å². The Morgan fingerprint density at radius 1 is 1.56 bits per heavy atom. The van der Waals surface area contributed by atoms with Crippen molar-refractivity contribution in [1.82, 2.24) is 10.2 Å². The van der Waals surface area contributed by atoms with Crippen molar-refractivity contribution in [1.29, 1.82) is 0 Å². The molecule has 0 aromatic heterocycles. The van der Waals surface area contributed by atoms with Crippen LogP contribution in [0.5, 0.6) is 0 Å². The molecule has 2 atom stereocenters. The normalized spacial score (nSPS) is 32.2. The number of amidine groups is 1. The molecule has 4 heteroatoms. The average Bonchev–Trinajstić information content (AvgIpc) is 2.28. The lowest BCUT2D eigenvalue weighted by atomic mass is 9.99. The molecule has 0 bridgehead atoms. The number of nitrogens with one attached hydrogen (secondary N) is 1. The summed E-state index contributed by atoms with van der Waals surface area (Å²) >= 11 is 1.89. The Labute approximate surface area is 103 Å². The lowest BCUT2D eigenvalue weighted by Gasteiger charge is -2.30. The molecule has 92 valence electrons. The molecule has 3 nitrogen and oxygen atoms in total. The topological polar surface area (TPSA) is 27.6 Å². The zero-order valence-corrected chi connectivity index (χ0v) is 11.2. The summed E-state index contributed by atoms with van der Waals surface area (Å²) in [7, 11) is 2.22. The highest BCUT2D eigenvalue weighted by atomic mass is 32.2. The van der Waals surface area contributed by atoms with E-state index in [-0.39, 0.29) is 0 Å². The van der Waals surface area contributed by atoms with Gasteiger partial charge in [-0.05, 0) is 38.3 Å². The third-order valence-corrected chi connectivity index (χ3v) is 4.60. The fourth-order valence-electron chi connectivity index (χ4n) is 2.34. The predicted octanol–water partition coefficient (Wildman–Crippen LogP) is 1.66. The molecule has 0 spiro atoms. The Hall–Kier alpha value is -0.220. The van der Waals surface area contributed by atoms with E-state index in [1.807, 2.05) is 11.8 Å². The second-order valence-corrected chi connectivity index (χ2v) is 6.22. The first-order valence-corrected chi connectivity index (χ1v) is 7.32. The first-order chi connectivity index (χ1) is 7.74. The summed E-state index contributed by atoms with van der Waals surface area (Å²) in [6, 6.07) is 0. The molecular formula is C12H23N3S. The van der Waals surface area contributed by atoms with E-state index in [0.29, 0.717) is 0 Å². The monoisotopic (exact) mass is 241 g/mol. The second-order valence-electron chi connectivity index (χ2n) is 5.21. The summed E-state index contributed by atoms with van der Waals surface area (Å²) in [4.78, 5) is 7.01. The highest BCUT2D eigenvalue weighted by Crippen LogP contribution is 2.17. The number of hydrogen-bond donors (Lipinski definition) is 1. The maximum absolute atomic E-state index is 4.57. The van der Waals surface area contributed by atoms with Crippen LogP contribution in [-0.4, -0.2) is 49.0 Å². The average molecular weight is 241 g/mol. The first-order valence-electron chi connectivity index (χ1n) is 6.33. The summed E-state index contributed by atoms with van der Waals surface area (Å²) in [6.45, 7) is 6.87. The Bertz CT molecular complexity index is 255. The van der Waals surface area contributed by atoms with Gasteiger partial charge in [-0.2, -0.15) is 0 Å². The highest BCUT2D eigenvalue weighted by Gasteiger charge is 2.18. The smallest absolute Gasteiger partial charge is 0.156 e. The van der Waals surface area contributed by atoms with Gasteiger partial charge in [0.15, 0.2) is 5.17 Å². The van der Waals surface area contributed by atoms with Crippen LogP contribution in [0.25, 0.3) is 0 Å². The van der Waals surface area contributed by atoms with E-state index in [1.54, 1.807) is 0 Å². The quantitative estimate of drug-likeness (QED) is 0.797. The van der Waals surface area contributed by atoms with E-state index < -0.39 is 0 Å². The van der Waals surface area contributed by atoms with E-state index in [9.17, 15) is 0 Å². The van der Waals surface area contributed by atoms with Gasteiger partial charge in [0.1, 0.15) is 0 Å². The van der Waals surface area contributed by atoms with Crippen molar-refractivity contribution in [3.63, 3.8) is 0 Å². The minimum atomic E-state index is 0.747. The summed E-state index contributed by atoms with van der Waals surface area (Å²) in [5.41, 5.74) is 0. The van der Waals surface area contributed by atoms with E-state index in [0.717, 1.165) is 24.9 Å². The summed E-state index contributed by atoms with van der Waals surface area (Å²) in [5.74, 6) is 2.77. The van der Waals surface area contributed by atoms with Gasteiger partial charge in [-0.25, -0.2) is 0 Å². The molecule has 0 amide bonds. The SMILES string of the molecule is CC1CN=C(NCC2CCCN(C)C2)SC1. The van der Waals surface area contributed by atoms with E-state index >= 15 is 0 Å². The molecule has 0 saturated carbocycles.